The van der Waals surface area contributed by atoms with E-state index in [0.717, 1.165) is 10.0 Å². The van der Waals surface area contributed by atoms with Gasteiger partial charge in [-0.2, -0.15) is 11.3 Å². The van der Waals surface area contributed by atoms with Crippen LogP contribution in [0.3, 0.4) is 0 Å². The molecule has 3 heteroatoms. The fourth-order valence-corrected chi connectivity index (χ4v) is 2.72. The van der Waals surface area contributed by atoms with Crippen molar-refractivity contribution in [3.63, 3.8) is 0 Å². The van der Waals surface area contributed by atoms with Crippen LogP contribution in [0.15, 0.2) is 45.6 Å². The van der Waals surface area contributed by atoms with Crippen molar-refractivity contribution in [3.05, 3.63) is 56.7 Å². The van der Waals surface area contributed by atoms with Gasteiger partial charge in [0, 0.05) is 10.9 Å². The van der Waals surface area contributed by atoms with Crippen LogP contribution in [0.2, 0.25) is 0 Å². The van der Waals surface area contributed by atoms with E-state index in [1.54, 1.807) is 11.3 Å². The molecule has 1 atom stereocenters. The largest absolute Gasteiger partial charge is 0.388 e. The minimum atomic E-state index is -0.435. The van der Waals surface area contributed by atoms with E-state index in [1.807, 2.05) is 35.7 Å². The summed E-state index contributed by atoms with van der Waals surface area (Å²) in [5.41, 5.74) is 2.13. The van der Waals surface area contributed by atoms with E-state index in [-0.39, 0.29) is 0 Å². The minimum absolute atomic E-state index is 0.435. The summed E-state index contributed by atoms with van der Waals surface area (Å²) in [6.45, 7) is 0. The van der Waals surface area contributed by atoms with Gasteiger partial charge in [0.25, 0.3) is 0 Å². The third-order valence-corrected chi connectivity index (χ3v) is 3.73. The van der Waals surface area contributed by atoms with E-state index in [4.69, 9.17) is 0 Å². The van der Waals surface area contributed by atoms with Crippen LogP contribution in [0, 0.1) is 0 Å². The highest BCUT2D eigenvalue weighted by Gasteiger charge is 2.11. The summed E-state index contributed by atoms with van der Waals surface area (Å²) < 4.78 is 0.965. The van der Waals surface area contributed by atoms with E-state index < -0.39 is 6.10 Å². The molecule has 1 N–H and O–H groups in total. The van der Waals surface area contributed by atoms with E-state index in [1.165, 1.54) is 5.56 Å². The van der Waals surface area contributed by atoms with Crippen LogP contribution in [-0.2, 0) is 6.42 Å². The van der Waals surface area contributed by atoms with Crippen molar-refractivity contribution in [1.82, 2.24) is 0 Å². The molecule has 1 aromatic heterocycles. The van der Waals surface area contributed by atoms with Crippen LogP contribution in [-0.4, -0.2) is 5.11 Å². The Balaban J connectivity index is 2.15. The van der Waals surface area contributed by atoms with Crippen molar-refractivity contribution in [2.75, 3.05) is 0 Å². The maximum absolute atomic E-state index is 10.0. The van der Waals surface area contributed by atoms with Crippen LogP contribution >= 0.6 is 27.3 Å². The summed E-state index contributed by atoms with van der Waals surface area (Å²) in [5.74, 6) is 0. The highest BCUT2D eigenvalue weighted by molar-refractivity contribution is 9.10. The SMILES string of the molecule is OC(Cc1ccsc1)c1ccccc1Br. The summed E-state index contributed by atoms with van der Waals surface area (Å²) in [6.07, 6.45) is 0.238. The Labute approximate surface area is 102 Å². The Bertz CT molecular complexity index is 425. The lowest BCUT2D eigenvalue weighted by atomic mass is 10.0. The fraction of sp³-hybridized carbons (Fsp3) is 0.167. The van der Waals surface area contributed by atoms with Gasteiger partial charge in [0.1, 0.15) is 0 Å². The molecule has 0 bridgehead atoms. The molecule has 0 aliphatic carbocycles. The lowest BCUT2D eigenvalue weighted by molar-refractivity contribution is 0.178. The topological polar surface area (TPSA) is 20.2 Å². The summed E-state index contributed by atoms with van der Waals surface area (Å²) in [5, 5.41) is 14.1. The predicted molar refractivity (Wildman–Crippen MR) is 67.1 cm³/mol. The molecule has 1 aromatic carbocycles. The van der Waals surface area contributed by atoms with Crippen molar-refractivity contribution < 1.29 is 5.11 Å². The van der Waals surface area contributed by atoms with Gasteiger partial charge in [-0.15, -0.1) is 0 Å². The smallest absolute Gasteiger partial charge is 0.0841 e. The maximum Gasteiger partial charge on any atom is 0.0841 e. The highest BCUT2D eigenvalue weighted by Crippen LogP contribution is 2.26. The zero-order chi connectivity index (χ0) is 10.7. The standard InChI is InChI=1S/C12H11BrOS/c13-11-4-2-1-3-10(11)12(14)7-9-5-6-15-8-9/h1-6,8,12,14H,7H2. The van der Waals surface area contributed by atoms with Crippen LogP contribution in [0.4, 0.5) is 0 Å². The molecule has 1 unspecified atom stereocenters. The number of hydrogen-bond donors (Lipinski definition) is 1. The summed E-state index contributed by atoms with van der Waals surface area (Å²) in [4.78, 5) is 0. The highest BCUT2D eigenvalue weighted by atomic mass is 79.9. The number of halogens is 1. The third kappa shape index (κ3) is 2.68. The predicted octanol–water partition coefficient (Wildman–Crippen LogP) is 3.79. The Morgan fingerprint density at radius 3 is 2.73 bits per heavy atom. The van der Waals surface area contributed by atoms with Gasteiger partial charge in [-0.1, -0.05) is 34.1 Å². The molecule has 1 nitrogen and oxygen atoms in total. The third-order valence-electron chi connectivity index (χ3n) is 2.27. The maximum atomic E-state index is 10.0. The van der Waals surface area contributed by atoms with E-state index >= 15 is 0 Å². The molecule has 0 fully saturated rings. The molecule has 0 aliphatic heterocycles. The molecule has 1 heterocycles. The zero-order valence-electron chi connectivity index (χ0n) is 8.06. The zero-order valence-corrected chi connectivity index (χ0v) is 10.5. The average Bonchev–Trinajstić information content (AvgIpc) is 2.71. The van der Waals surface area contributed by atoms with Crippen molar-refractivity contribution >= 4 is 27.3 Å². The molecule has 0 saturated carbocycles. The van der Waals surface area contributed by atoms with Crippen molar-refractivity contribution in [2.24, 2.45) is 0 Å². The summed E-state index contributed by atoms with van der Waals surface area (Å²) in [6, 6.07) is 9.83. The normalized spacial score (nSPS) is 12.7. The van der Waals surface area contributed by atoms with Gasteiger partial charge in [-0.25, -0.2) is 0 Å². The van der Waals surface area contributed by atoms with Gasteiger partial charge < -0.3 is 5.11 Å². The second-order valence-electron chi connectivity index (χ2n) is 3.37. The van der Waals surface area contributed by atoms with E-state index in [9.17, 15) is 5.11 Å². The first kappa shape index (κ1) is 10.9. The second-order valence-corrected chi connectivity index (χ2v) is 5.01. The summed E-state index contributed by atoms with van der Waals surface area (Å²) >= 11 is 5.10. The first-order valence-electron chi connectivity index (χ1n) is 4.71. The number of hydrogen-bond acceptors (Lipinski definition) is 2. The molecule has 2 rings (SSSR count). The summed E-state index contributed by atoms with van der Waals surface area (Å²) in [7, 11) is 0. The van der Waals surface area contributed by atoms with Crippen molar-refractivity contribution in [2.45, 2.75) is 12.5 Å². The lowest BCUT2D eigenvalue weighted by Gasteiger charge is -2.11. The number of aliphatic hydroxyl groups is 1. The molecule has 2 aromatic rings. The Morgan fingerprint density at radius 2 is 2.07 bits per heavy atom. The molecular weight excluding hydrogens is 272 g/mol. The first-order chi connectivity index (χ1) is 7.27. The van der Waals surface area contributed by atoms with Crippen LogP contribution in [0.1, 0.15) is 17.2 Å². The van der Waals surface area contributed by atoms with Crippen LogP contribution in [0.25, 0.3) is 0 Å². The second kappa shape index (κ2) is 4.92. The Kier molecular flexibility index (Phi) is 3.57. The van der Waals surface area contributed by atoms with Crippen LogP contribution < -0.4 is 0 Å². The van der Waals surface area contributed by atoms with Gasteiger partial charge in [-0.3, -0.25) is 0 Å². The number of thiophene rings is 1. The van der Waals surface area contributed by atoms with Gasteiger partial charge in [0.05, 0.1) is 6.10 Å². The Morgan fingerprint density at radius 1 is 1.27 bits per heavy atom. The minimum Gasteiger partial charge on any atom is -0.388 e. The molecular formula is C12H11BrOS. The van der Waals surface area contributed by atoms with E-state index in [0.29, 0.717) is 6.42 Å². The van der Waals surface area contributed by atoms with Gasteiger partial charge in [0.2, 0.25) is 0 Å². The van der Waals surface area contributed by atoms with Crippen LogP contribution in [0.5, 0.6) is 0 Å². The molecule has 0 aliphatic rings. The quantitative estimate of drug-likeness (QED) is 0.908. The fourth-order valence-electron chi connectivity index (χ4n) is 1.49. The lowest BCUT2D eigenvalue weighted by Crippen LogP contribution is -2.01. The molecule has 0 amide bonds. The molecule has 0 saturated heterocycles. The van der Waals surface area contributed by atoms with Gasteiger partial charge in [-0.05, 0) is 34.0 Å². The molecule has 0 radical (unpaired) electrons. The average molecular weight is 283 g/mol. The van der Waals surface area contributed by atoms with E-state index in [2.05, 4.69) is 21.3 Å². The molecule has 0 spiro atoms. The van der Waals surface area contributed by atoms with Gasteiger partial charge in [0.15, 0.2) is 0 Å². The number of benzene rings is 1. The van der Waals surface area contributed by atoms with Crippen molar-refractivity contribution in [3.8, 4) is 0 Å². The van der Waals surface area contributed by atoms with Gasteiger partial charge >= 0.3 is 0 Å². The molecule has 15 heavy (non-hydrogen) atoms. The number of rotatable bonds is 3. The number of aliphatic hydroxyl groups excluding tert-OH is 1. The van der Waals surface area contributed by atoms with Crippen molar-refractivity contribution in [1.29, 1.82) is 0 Å². The molecule has 78 valence electrons. The monoisotopic (exact) mass is 282 g/mol. The first-order valence-corrected chi connectivity index (χ1v) is 6.44. The Hall–Kier alpha value is -0.640.